The van der Waals surface area contributed by atoms with E-state index >= 15 is 0 Å². The van der Waals surface area contributed by atoms with Gasteiger partial charge in [-0.25, -0.2) is 0 Å². The largest absolute Gasteiger partial charge is 0.0767 e. The zero-order valence-corrected chi connectivity index (χ0v) is 29.6. The van der Waals surface area contributed by atoms with Crippen molar-refractivity contribution in [3.8, 4) is 0 Å². The molecule has 0 nitrogen and oxygen atoms in total. The second-order valence-corrected chi connectivity index (χ2v) is 15.3. The highest BCUT2D eigenvalue weighted by molar-refractivity contribution is 5.86. The molecule has 2 aromatic rings. The van der Waals surface area contributed by atoms with Gasteiger partial charge in [-0.05, 0) is 91.8 Å². The Morgan fingerprint density at radius 3 is 1.73 bits per heavy atom. The maximum atomic E-state index is 2.51. The van der Waals surface area contributed by atoms with E-state index < -0.39 is 0 Å². The van der Waals surface area contributed by atoms with Gasteiger partial charge in [0.15, 0.2) is 0 Å². The Balaban J connectivity index is 0.987. The van der Waals surface area contributed by atoms with E-state index in [9.17, 15) is 0 Å². The van der Waals surface area contributed by atoms with Crippen LogP contribution in [0.2, 0.25) is 0 Å². The lowest BCUT2D eigenvalue weighted by Crippen LogP contribution is -2.41. The summed E-state index contributed by atoms with van der Waals surface area (Å²) in [7, 11) is 0. The summed E-state index contributed by atoms with van der Waals surface area (Å²) in [6.45, 7) is 0. The minimum Gasteiger partial charge on any atom is -0.0767 e. The molecular weight excluding hydrogens is 625 g/mol. The summed E-state index contributed by atoms with van der Waals surface area (Å²) in [4.78, 5) is 0. The Hall–Kier alpha value is -5.46. The van der Waals surface area contributed by atoms with Crippen molar-refractivity contribution >= 4 is 17.2 Å². The van der Waals surface area contributed by atoms with Crippen molar-refractivity contribution in [2.45, 2.75) is 31.6 Å². The highest BCUT2D eigenvalue weighted by Gasteiger charge is 2.38. The van der Waals surface area contributed by atoms with Crippen LogP contribution in [0.3, 0.4) is 0 Å². The van der Waals surface area contributed by atoms with Crippen LogP contribution in [-0.4, -0.2) is 0 Å². The Labute approximate surface area is 308 Å². The molecule has 8 aliphatic rings. The molecule has 0 saturated heterocycles. The van der Waals surface area contributed by atoms with Crippen LogP contribution in [0, 0.1) is 29.6 Å². The quantitative estimate of drug-likeness (QED) is 0.297. The molecule has 0 fully saturated rings. The third-order valence-electron chi connectivity index (χ3n) is 12.5. The molecule has 0 aliphatic heterocycles. The molecular formula is C52H44. The lowest BCUT2D eigenvalue weighted by atomic mass is 9.63. The highest BCUT2D eigenvalue weighted by atomic mass is 14.4. The topological polar surface area (TPSA) is 0 Å². The van der Waals surface area contributed by atoms with Crippen LogP contribution in [0.15, 0.2) is 210 Å². The molecule has 6 unspecified atom stereocenters. The first-order valence-corrected chi connectivity index (χ1v) is 19.4. The third kappa shape index (κ3) is 5.44. The van der Waals surface area contributed by atoms with E-state index in [1.54, 1.807) is 0 Å². The average Bonchev–Trinajstić information content (AvgIpc) is 3.22. The maximum absolute atomic E-state index is 2.51. The molecule has 0 aromatic heterocycles. The number of rotatable bonds is 5. The van der Waals surface area contributed by atoms with Crippen LogP contribution in [-0.2, 0) is 0 Å². The molecule has 8 aliphatic carbocycles. The zero-order valence-electron chi connectivity index (χ0n) is 29.6. The summed E-state index contributed by atoms with van der Waals surface area (Å²) < 4.78 is 0. The Morgan fingerprint density at radius 2 is 1.00 bits per heavy atom. The van der Waals surface area contributed by atoms with E-state index in [0.717, 1.165) is 25.7 Å². The van der Waals surface area contributed by atoms with Gasteiger partial charge in [0.1, 0.15) is 0 Å². The van der Waals surface area contributed by atoms with Crippen LogP contribution in [0.25, 0.3) is 17.2 Å². The molecule has 0 spiro atoms. The minimum atomic E-state index is 0.311. The lowest BCUT2D eigenvalue weighted by Gasteiger charge is -2.40. The first kappa shape index (κ1) is 31.3. The van der Waals surface area contributed by atoms with Gasteiger partial charge >= 0.3 is 0 Å². The highest BCUT2D eigenvalue weighted by Crippen LogP contribution is 2.50. The number of benzene rings is 2. The van der Waals surface area contributed by atoms with E-state index in [4.69, 9.17) is 0 Å². The number of fused-ring (bicyclic) bond motifs is 6. The Bertz CT molecular complexity index is 2420. The van der Waals surface area contributed by atoms with E-state index in [1.807, 2.05) is 0 Å². The third-order valence-corrected chi connectivity index (χ3v) is 12.5. The molecule has 0 bridgehead atoms. The van der Waals surface area contributed by atoms with Crippen molar-refractivity contribution in [1.82, 2.24) is 0 Å². The standard InChI is InChI=1S/C52H44/c1-3-15-41-37(12-1)14-11-23-42(41)38-30-26-35(27-31-38)24-25-36-28-32-39(33-29-36)51-46-19-7-9-21-48(46)52(49-22-10-8-20-47(49)51)50-34-40-13-2-4-16-43(40)44-17-5-6-18-45(44)50/h1-26,28,30,32,34,37,41,44-46,48H,27,29,31,33H2. The summed E-state index contributed by atoms with van der Waals surface area (Å²) in [5.41, 5.74) is 14.6. The normalized spacial score (nSPS) is 29.2. The van der Waals surface area contributed by atoms with E-state index in [-0.39, 0.29) is 0 Å². The number of hydrogen-bond donors (Lipinski definition) is 0. The van der Waals surface area contributed by atoms with Gasteiger partial charge in [0.25, 0.3) is 0 Å². The van der Waals surface area contributed by atoms with Crippen molar-refractivity contribution in [2.24, 2.45) is 29.6 Å². The van der Waals surface area contributed by atoms with Crippen LogP contribution in [0.1, 0.15) is 42.7 Å². The van der Waals surface area contributed by atoms with Crippen LogP contribution in [0.4, 0.5) is 0 Å². The smallest absolute Gasteiger partial charge is 0.0134 e. The summed E-state index contributed by atoms with van der Waals surface area (Å²) in [5, 5.41) is 2.82. The van der Waals surface area contributed by atoms with Gasteiger partial charge < -0.3 is 0 Å². The zero-order chi connectivity index (χ0) is 34.4. The van der Waals surface area contributed by atoms with Gasteiger partial charge in [-0.1, -0.05) is 182 Å². The molecule has 252 valence electrons. The fourth-order valence-electron chi connectivity index (χ4n) is 9.98. The van der Waals surface area contributed by atoms with Gasteiger partial charge in [-0.15, -0.1) is 0 Å². The summed E-state index contributed by atoms with van der Waals surface area (Å²) in [5.74, 6) is 2.33. The molecule has 0 amide bonds. The number of hydrogen-bond acceptors (Lipinski definition) is 0. The predicted molar refractivity (Wildman–Crippen MR) is 219 cm³/mol. The van der Waals surface area contributed by atoms with Crippen LogP contribution >= 0.6 is 0 Å². The summed E-state index contributed by atoms with van der Waals surface area (Å²) in [6.07, 6.45) is 56.0. The van der Waals surface area contributed by atoms with Crippen molar-refractivity contribution in [1.29, 1.82) is 0 Å². The van der Waals surface area contributed by atoms with Gasteiger partial charge in [0.05, 0.1) is 0 Å². The minimum absolute atomic E-state index is 0.311. The van der Waals surface area contributed by atoms with Gasteiger partial charge in [-0.3, -0.25) is 0 Å². The predicted octanol–water partition coefficient (Wildman–Crippen LogP) is 11.0. The number of allylic oxidation sites excluding steroid dienone is 27. The Morgan fingerprint density at radius 1 is 0.423 bits per heavy atom. The van der Waals surface area contributed by atoms with Gasteiger partial charge in [0, 0.05) is 35.5 Å². The molecule has 0 N–H and O–H groups in total. The summed E-state index contributed by atoms with van der Waals surface area (Å²) >= 11 is 0. The molecule has 10 rings (SSSR count). The Kier molecular flexibility index (Phi) is 7.98. The van der Waals surface area contributed by atoms with E-state index in [0.29, 0.717) is 35.5 Å². The van der Waals surface area contributed by atoms with Crippen LogP contribution in [0.5, 0.6) is 0 Å². The first-order valence-electron chi connectivity index (χ1n) is 19.4. The molecule has 0 heterocycles. The van der Waals surface area contributed by atoms with Crippen molar-refractivity contribution < 1.29 is 0 Å². The lowest BCUT2D eigenvalue weighted by molar-refractivity contribution is 0.622. The molecule has 2 aromatic carbocycles. The fourth-order valence-corrected chi connectivity index (χ4v) is 9.98. The average molecular weight is 669 g/mol. The van der Waals surface area contributed by atoms with E-state index in [1.165, 1.54) is 66.1 Å². The van der Waals surface area contributed by atoms with Gasteiger partial charge in [0.2, 0.25) is 0 Å². The van der Waals surface area contributed by atoms with E-state index in [2.05, 4.69) is 182 Å². The van der Waals surface area contributed by atoms with Crippen molar-refractivity contribution in [3.05, 3.63) is 231 Å². The molecule has 0 saturated carbocycles. The van der Waals surface area contributed by atoms with Crippen LogP contribution < -0.4 is 10.4 Å². The molecule has 6 atom stereocenters. The fraction of sp³-hybridized carbons (Fsp3) is 0.192. The molecule has 0 heteroatoms. The molecule has 52 heavy (non-hydrogen) atoms. The van der Waals surface area contributed by atoms with Crippen molar-refractivity contribution in [2.75, 3.05) is 0 Å². The monoisotopic (exact) mass is 668 g/mol. The maximum Gasteiger partial charge on any atom is 0.0134 e. The summed E-state index contributed by atoms with van der Waals surface area (Å²) in [6, 6.07) is 18.3. The first-order chi connectivity index (χ1) is 25.8. The SMILES string of the molecule is C1=CC2C=CC=C(C3=CC=C(C=CC4=CC=C(C5=c6ccccc6=C(C6=Cc7ccccc7C7C=CC=CC67)C6C=CC=CC56)CC4)CC3)C2C=C1. The second kappa shape index (κ2) is 13.3. The van der Waals surface area contributed by atoms with Crippen molar-refractivity contribution in [3.63, 3.8) is 0 Å². The second-order valence-electron chi connectivity index (χ2n) is 15.3. The molecule has 0 radical (unpaired) electrons. The van der Waals surface area contributed by atoms with Gasteiger partial charge in [-0.2, -0.15) is 0 Å².